The lowest BCUT2D eigenvalue weighted by Gasteiger charge is -2.08. The predicted molar refractivity (Wildman–Crippen MR) is 53.1 cm³/mol. The van der Waals surface area contributed by atoms with Crippen molar-refractivity contribution in [2.75, 3.05) is 13.7 Å². The van der Waals surface area contributed by atoms with Gasteiger partial charge in [-0.1, -0.05) is 0 Å². The average molecular weight is 226 g/mol. The van der Waals surface area contributed by atoms with Gasteiger partial charge in [-0.25, -0.2) is 9.59 Å². The number of methoxy groups -OCH3 is 1. The summed E-state index contributed by atoms with van der Waals surface area (Å²) in [6, 6.07) is 4.07. The summed E-state index contributed by atoms with van der Waals surface area (Å²) < 4.78 is 9.72. The van der Waals surface area contributed by atoms with Gasteiger partial charge in [0, 0.05) is 6.07 Å². The van der Waals surface area contributed by atoms with E-state index in [4.69, 9.17) is 19.7 Å². The molecule has 0 unspecified atom stereocenters. The Morgan fingerprint density at radius 3 is 2.50 bits per heavy atom. The topological polar surface area (TPSA) is 93.1 Å². The SMILES string of the molecule is COc1ccc(C(=O)O)c(OCC(=O)O)c1. The van der Waals surface area contributed by atoms with Gasteiger partial charge in [-0.2, -0.15) is 0 Å². The van der Waals surface area contributed by atoms with Gasteiger partial charge in [-0.05, 0) is 12.1 Å². The van der Waals surface area contributed by atoms with E-state index in [1.807, 2.05) is 0 Å². The van der Waals surface area contributed by atoms with Crippen LogP contribution in [0.1, 0.15) is 10.4 Å². The molecule has 0 aliphatic heterocycles. The molecule has 0 radical (unpaired) electrons. The van der Waals surface area contributed by atoms with E-state index in [9.17, 15) is 9.59 Å². The zero-order valence-corrected chi connectivity index (χ0v) is 8.47. The van der Waals surface area contributed by atoms with Crippen molar-refractivity contribution in [3.63, 3.8) is 0 Å². The molecule has 0 atom stereocenters. The van der Waals surface area contributed by atoms with E-state index < -0.39 is 18.5 Å². The quantitative estimate of drug-likeness (QED) is 0.773. The molecule has 6 nitrogen and oxygen atoms in total. The smallest absolute Gasteiger partial charge is 0.341 e. The number of benzene rings is 1. The molecule has 0 bridgehead atoms. The largest absolute Gasteiger partial charge is 0.497 e. The first-order valence-corrected chi connectivity index (χ1v) is 4.30. The van der Waals surface area contributed by atoms with E-state index in [-0.39, 0.29) is 11.3 Å². The lowest BCUT2D eigenvalue weighted by atomic mass is 10.2. The molecule has 0 saturated carbocycles. The molecule has 6 heteroatoms. The fourth-order valence-electron chi connectivity index (χ4n) is 1.07. The Kier molecular flexibility index (Phi) is 3.71. The third-order valence-corrected chi connectivity index (χ3v) is 1.77. The molecule has 0 spiro atoms. The van der Waals surface area contributed by atoms with Gasteiger partial charge in [-0.15, -0.1) is 0 Å². The Hall–Kier alpha value is -2.24. The third-order valence-electron chi connectivity index (χ3n) is 1.77. The number of hydrogen-bond acceptors (Lipinski definition) is 4. The van der Waals surface area contributed by atoms with Gasteiger partial charge < -0.3 is 19.7 Å². The molecule has 1 aromatic carbocycles. The van der Waals surface area contributed by atoms with Gasteiger partial charge in [0.1, 0.15) is 17.1 Å². The first-order chi connectivity index (χ1) is 7.54. The highest BCUT2D eigenvalue weighted by molar-refractivity contribution is 5.91. The molecule has 0 aliphatic carbocycles. The van der Waals surface area contributed by atoms with Gasteiger partial charge in [-0.3, -0.25) is 0 Å². The van der Waals surface area contributed by atoms with Crippen molar-refractivity contribution >= 4 is 11.9 Å². The van der Waals surface area contributed by atoms with E-state index in [0.29, 0.717) is 5.75 Å². The van der Waals surface area contributed by atoms with Crippen molar-refractivity contribution in [2.24, 2.45) is 0 Å². The van der Waals surface area contributed by atoms with Crippen LogP contribution in [0.25, 0.3) is 0 Å². The van der Waals surface area contributed by atoms with Crippen LogP contribution in [0.2, 0.25) is 0 Å². The molecule has 1 aromatic rings. The Labute approximate surface area is 91.0 Å². The van der Waals surface area contributed by atoms with Crippen LogP contribution < -0.4 is 9.47 Å². The molecule has 86 valence electrons. The maximum absolute atomic E-state index is 10.8. The van der Waals surface area contributed by atoms with Gasteiger partial charge in [0.2, 0.25) is 0 Å². The zero-order chi connectivity index (χ0) is 12.1. The lowest BCUT2D eigenvalue weighted by molar-refractivity contribution is -0.139. The molecular weight excluding hydrogens is 216 g/mol. The normalized spacial score (nSPS) is 9.56. The van der Waals surface area contributed by atoms with Crippen molar-refractivity contribution in [3.8, 4) is 11.5 Å². The van der Waals surface area contributed by atoms with E-state index in [0.717, 1.165) is 0 Å². The summed E-state index contributed by atoms with van der Waals surface area (Å²) in [6.45, 7) is -0.604. The second-order valence-electron chi connectivity index (χ2n) is 2.85. The summed E-state index contributed by atoms with van der Waals surface area (Å²) in [5, 5.41) is 17.3. The summed E-state index contributed by atoms with van der Waals surface area (Å²) in [5.74, 6) is -2.01. The molecule has 0 amide bonds. The van der Waals surface area contributed by atoms with Crippen molar-refractivity contribution in [1.29, 1.82) is 0 Å². The molecule has 16 heavy (non-hydrogen) atoms. The highest BCUT2D eigenvalue weighted by atomic mass is 16.5. The molecule has 0 heterocycles. The maximum Gasteiger partial charge on any atom is 0.341 e. The minimum Gasteiger partial charge on any atom is -0.497 e. The summed E-state index contributed by atoms with van der Waals surface area (Å²) >= 11 is 0. The van der Waals surface area contributed by atoms with Crippen LogP contribution in [0.5, 0.6) is 11.5 Å². The molecule has 2 N–H and O–H groups in total. The first-order valence-electron chi connectivity index (χ1n) is 4.30. The maximum atomic E-state index is 10.8. The van der Waals surface area contributed by atoms with E-state index >= 15 is 0 Å². The minimum absolute atomic E-state index is 0.0331. The number of rotatable bonds is 5. The minimum atomic E-state index is -1.19. The molecule has 0 fully saturated rings. The van der Waals surface area contributed by atoms with Crippen LogP contribution in [0.3, 0.4) is 0 Å². The average Bonchev–Trinajstić information content (AvgIpc) is 2.25. The summed E-state index contributed by atoms with van der Waals surface area (Å²) in [5.41, 5.74) is -0.109. The van der Waals surface area contributed by atoms with Gasteiger partial charge in [0.25, 0.3) is 0 Å². The Bertz CT molecular complexity index is 412. The van der Waals surface area contributed by atoms with Crippen LogP contribution in [0.4, 0.5) is 0 Å². The first kappa shape index (κ1) is 11.8. The van der Waals surface area contributed by atoms with Gasteiger partial charge in [0.05, 0.1) is 7.11 Å². The summed E-state index contributed by atoms with van der Waals surface area (Å²) in [7, 11) is 1.41. The van der Waals surface area contributed by atoms with E-state index in [2.05, 4.69) is 0 Å². The summed E-state index contributed by atoms with van der Waals surface area (Å²) in [6.07, 6.45) is 0. The van der Waals surface area contributed by atoms with Crippen molar-refractivity contribution in [2.45, 2.75) is 0 Å². The number of carboxylic acids is 2. The Morgan fingerprint density at radius 2 is 2.00 bits per heavy atom. The van der Waals surface area contributed by atoms with E-state index in [1.165, 1.54) is 25.3 Å². The molecule has 0 aliphatic rings. The van der Waals surface area contributed by atoms with Crippen molar-refractivity contribution in [3.05, 3.63) is 23.8 Å². The number of aliphatic carboxylic acids is 1. The van der Waals surface area contributed by atoms with Gasteiger partial charge >= 0.3 is 11.9 Å². The fourth-order valence-corrected chi connectivity index (χ4v) is 1.07. The zero-order valence-electron chi connectivity index (χ0n) is 8.47. The Morgan fingerprint density at radius 1 is 1.31 bits per heavy atom. The summed E-state index contributed by atoms with van der Waals surface area (Å²) in [4.78, 5) is 21.1. The van der Waals surface area contributed by atoms with Crippen LogP contribution in [-0.4, -0.2) is 35.9 Å². The van der Waals surface area contributed by atoms with Crippen LogP contribution >= 0.6 is 0 Å². The van der Waals surface area contributed by atoms with Gasteiger partial charge in [0.15, 0.2) is 6.61 Å². The van der Waals surface area contributed by atoms with Crippen molar-refractivity contribution in [1.82, 2.24) is 0 Å². The molecule has 0 aromatic heterocycles. The number of ether oxygens (including phenoxy) is 2. The number of aromatic carboxylic acids is 1. The fraction of sp³-hybridized carbons (Fsp3) is 0.200. The van der Waals surface area contributed by atoms with Crippen LogP contribution in [0.15, 0.2) is 18.2 Å². The number of hydrogen-bond donors (Lipinski definition) is 2. The second-order valence-corrected chi connectivity index (χ2v) is 2.85. The number of carbonyl (C=O) groups is 2. The second kappa shape index (κ2) is 5.01. The lowest BCUT2D eigenvalue weighted by Crippen LogP contribution is -2.12. The Balaban J connectivity index is 3.00. The highest BCUT2D eigenvalue weighted by Gasteiger charge is 2.13. The van der Waals surface area contributed by atoms with E-state index in [1.54, 1.807) is 0 Å². The predicted octanol–water partition coefficient (Wildman–Crippen LogP) is 0.857. The van der Waals surface area contributed by atoms with Crippen LogP contribution in [-0.2, 0) is 4.79 Å². The van der Waals surface area contributed by atoms with Crippen LogP contribution in [0, 0.1) is 0 Å². The third kappa shape index (κ3) is 2.88. The number of carboxylic acid groups (broad SMARTS) is 2. The molecule has 0 saturated heterocycles. The van der Waals surface area contributed by atoms with Crippen molar-refractivity contribution < 1.29 is 29.3 Å². The monoisotopic (exact) mass is 226 g/mol. The molecular formula is C10H10O6. The molecule has 1 rings (SSSR count). The standard InChI is InChI=1S/C10H10O6/c1-15-6-2-3-7(10(13)14)8(4-6)16-5-9(11)12/h2-4H,5H2,1H3,(H,11,12)(H,13,14). The highest BCUT2D eigenvalue weighted by Crippen LogP contribution is 2.24.